The van der Waals surface area contributed by atoms with Gasteiger partial charge in [-0.05, 0) is 13.0 Å². The largest absolute Gasteiger partial charge is 0.481 e. The van der Waals surface area contributed by atoms with Crippen LogP contribution in [0.2, 0.25) is 0 Å². The molecule has 82 valence electrons. The standard InChI is InChI=1S/C11H16N2O2/c1-14-10-3-2-4-11(13-10)15-8-9-5-6-12-7-9/h2-4,9,12H,5-8H2,1H3. The summed E-state index contributed by atoms with van der Waals surface area (Å²) in [6.07, 6.45) is 1.18. The lowest BCUT2D eigenvalue weighted by Crippen LogP contribution is -2.15. The Kier molecular flexibility index (Phi) is 3.40. The van der Waals surface area contributed by atoms with E-state index in [4.69, 9.17) is 9.47 Å². The molecule has 1 aliphatic rings. The van der Waals surface area contributed by atoms with Crippen LogP contribution >= 0.6 is 0 Å². The Balaban J connectivity index is 1.86. The zero-order valence-electron chi connectivity index (χ0n) is 8.90. The minimum absolute atomic E-state index is 0.594. The average Bonchev–Trinajstić information content (AvgIpc) is 2.79. The molecule has 0 amide bonds. The molecule has 1 unspecified atom stereocenters. The van der Waals surface area contributed by atoms with Crippen LogP contribution < -0.4 is 14.8 Å². The molecular weight excluding hydrogens is 192 g/mol. The van der Waals surface area contributed by atoms with Crippen molar-refractivity contribution in [2.75, 3.05) is 26.8 Å². The first-order valence-electron chi connectivity index (χ1n) is 5.23. The highest BCUT2D eigenvalue weighted by atomic mass is 16.5. The van der Waals surface area contributed by atoms with Gasteiger partial charge in [-0.1, -0.05) is 6.07 Å². The highest BCUT2D eigenvalue weighted by molar-refractivity contribution is 5.19. The first kappa shape index (κ1) is 10.2. The van der Waals surface area contributed by atoms with E-state index in [9.17, 15) is 0 Å². The van der Waals surface area contributed by atoms with E-state index in [1.807, 2.05) is 18.2 Å². The predicted molar refractivity (Wildman–Crippen MR) is 57.3 cm³/mol. The quantitative estimate of drug-likeness (QED) is 0.804. The molecule has 1 aromatic rings. The average molecular weight is 208 g/mol. The summed E-state index contributed by atoms with van der Waals surface area (Å²) >= 11 is 0. The van der Waals surface area contributed by atoms with Crippen molar-refractivity contribution in [1.82, 2.24) is 10.3 Å². The van der Waals surface area contributed by atoms with Gasteiger partial charge in [0, 0.05) is 24.6 Å². The highest BCUT2D eigenvalue weighted by Gasteiger charge is 2.15. The van der Waals surface area contributed by atoms with Gasteiger partial charge in [0.05, 0.1) is 13.7 Å². The van der Waals surface area contributed by atoms with Crippen LogP contribution in [0, 0.1) is 5.92 Å². The van der Waals surface area contributed by atoms with Gasteiger partial charge in [0.2, 0.25) is 11.8 Å². The van der Waals surface area contributed by atoms with Crippen LogP contribution in [0.5, 0.6) is 11.8 Å². The summed E-state index contributed by atoms with van der Waals surface area (Å²) in [7, 11) is 1.60. The third-order valence-electron chi connectivity index (χ3n) is 2.54. The molecule has 1 saturated heterocycles. The van der Waals surface area contributed by atoms with Crippen molar-refractivity contribution in [2.45, 2.75) is 6.42 Å². The van der Waals surface area contributed by atoms with Crippen molar-refractivity contribution in [3.05, 3.63) is 18.2 Å². The molecule has 0 radical (unpaired) electrons. The fourth-order valence-electron chi connectivity index (χ4n) is 1.65. The maximum absolute atomic E-state index is 5.60. The predicted octanol–water partition coefficient (Wildman–Crippen LogP) is 1.08. The molecule has 1 fully saturated rings. The van der Waals surface area contributed by atoms with E-state index in [0.717, 1.165) is 19.7 Å². The van der Waals surface area contributed by atoms with Crippen LogP contribution in [0.3, 0.4) is 0 Å². The van der Waals surface area contributed by atoms with E-state index in [1.165, 1.54) is 6.42 Å². The van der Waals surface area contributed by atoms with Gasteiger partial charge in [-0.15, -0.1) is 0 Å². The maximum Gasteiger partial charge on any atom is 0.216 e. The van der Waals surface area contributed by atoms with E-state index >= 15 is 0 Å². The molecule has 1 N–H and O–H groups in total. The van der Waals surface area contributed by atoms with Gasteiger partial charge in [-0.25, -0.2) is 0 Å². The molecule has 4 nitrogen and oxygen atoms in total. The minimum Gasteiger partial charge on any atom is -0.481 e. The normalized spacial score (nSPS) is 20.2. The molecule has 0 aromatic carbocycles. The van der Waals surface area contributed by atoms with E-state index in [1.54, 1.807) is 7.11 Å². The minimum atomic E-state index is 0.594. The summed E-state index contributed by atoms with van der Waals surface area (Å²) < 4.78 is 10.6. The lowest BCUT2D eigenvalue weighted by Gasteiger charge is -2.10. The molecule has 2 rings (SSSR count). The van der Waals surface area contributed by atoms with Crippen LogP contribution in [0.1, 0.15) is 6.42 Å². The summed E-state index contributed by atoms with van der Waals surface area (Å²) in [4.78, 5) is 4.19. The molecule has 1 aliphatic heterocycles. The Morgan fingerprint density at radius 3 is 3.07 bits per heavy atom. The number of methoxy groups -OCH3 is 1. The molecule has 1 aromatic heterocycles. The van der Waals surface area contributed by atoms with Gasteiger partial charge in [0.25, 0.3) is 0 Å². The van der Waals surface area contributed by atoms with E-state index in [2.05, 4.69) is 10.3 Å². The maximum atomic E-state index is 5.60. The Bertz CT molecular complexity index is 311. The topological polar surface area (TPSA) is 43.4 Å². The van der Waals surface area contributed by atoms with Crippen molar-refractivity contribution in [3.63, 3.8) is 0 Å². The second kappa shape index (κ2) is 4.98. The molecule has 15 heavy (non-hydrogen) atoms. The number of hydrogen-bond acceptors (Lipinski definition) is 4. The van der Waals surface area contributed by atoms with Crippen LogP contribution in [0.15, 0.2) is 18.2 Å². The molecule has 4 heteroatoms. The molecule has 2 heterocycles. The fraction of sp³-hybridized carbons (Fsp3) is 0.545. The summed E-state index contributed by atoms with van der Waals surface area (Å²) in [6, 6.07) is 5.54. The number of nitrogens with one attached hydrogen (secondary N) is 1. The van der Waals surface area contributed by atoms with Crippen LogP contribution in [0.25, 0.3) is 0 Å². The zero-order chi connectivity index (χ0) is 10.5. The smallest absolute Gasteiger partial charge is 0.216 e. The van der Waals surface area contributed by atoms with Crippen molar-refractivity contribution < 1.29 is 9.47 Å². The van der Waals surface area contributed by atoms with E-state index < -0.39 is 0 Å². The molecule has 1 atom stereocenters. The van der Waals surface area contributed by atoms with Gasteiger partial charge in [-0.2, -0.15) is 4.98 Å². The monoisotopic (exact) mass is 208 g/mol. The number of aromatic nitrogens is 1. The van der Waals surface area contributed by atoms with Crippen molar-refractivity contribution in [1.29, 1.82) is 0 Å². The third-order valence-corrected chi connectivity index (χ3v) is 2.54. The first-order valence-corrected chi connectivity index (χ1v) is 5.23. The van der Waals surface area contributed by atoms with Crippen molar-refractivity contribution in [3.8, 4) is 11.8 Å². The summed E-state index contributed by atoms with van der Waals surface area (Å²) in [5.74, 6) is 1.84. The van der Waals surface area contributed by atoms with Gasteiger partial charge < -0.3 is 14.8 Å². The lowest BCUT2D eigenvalue weighted by molar-refractivity contribution is 0.247. The van der Waals surface area contributed by atoms with Crippen LogP contribution in [-0.4, -0.2) is 31.8 Å². The molecule has 0 saturated carbocycles. The second-order valence-corrected chi connectivity index (χ2v) is 3.69. The van der Waals surface area contributed by atoms with E-state index in [-0.39, 0.29) is 0 Å². The number of nitrogens with zero attached hydrogens (tertiary/aromatic N) is 1. The highest BCUT2D eigenvalue weighted by Crippen LogP contribution is 2.15. The summed E-state index contributed by atoms with van der Waals surface area (Å²) in [5, 5.41) is 3.31. The van der Waals surface area contributed by atoms with Gasteiger partial charge in [0.1, 0.15) is 0 Å². The van der Waals surface area contributed by atoms with E-state index in [0.29, 0.717) is 17.7 Å². The number of ether oxygens (including phenoxy) is 2. The zero-order valence-corrected chi connectivity index (χ0v) is 8.90. The molecule has 0 bridgehead atoms. The first-order chi connectivity index (χ1) is 7.38. The number of pyridine rings is 1. The van der Waals surface area contributed by atoms with Crippen molar-refractivity contribution >= 4 is 0 Å². The summed E-state index contributed by atoms with van der Waals surface area (Å²) in [5.41, 5.74) is 0. The lowest BCUT2D eigenvalue weighted by atomic mass is 10.1. The van der Waals surface area contributed by atoms with Crippen LogP contribution in [0.4, 0.5) is 0 Å². The SMILES string of the molecule is COc1cccc(OCC2CCNC2)n1. The number of rotatable bonds is 4. The third kappa shape index (κ3) is 2.83. The fourth-order valence-corrected chi connectivity index (χ4v) is 1.65. The van der Waals surface area contributed by atoms with Gasteiger partial charge in [-0.3, -0.25) is 0 Å². The molecule has 0 spiro atoms. The number of hydrogen-bond donors (Lipinski definition) is 1. The summed E-state index contributed by atoms with van der Waals surface area (Å²) in [6.45, 7) is 2.87. The Morgan fingerprint density at radius 2 is 2.33 bits per heavy atom. The second-order valence-electron chi connectivity index (χ2n) is 3.69. The Labute approximate surface area is 89.6 Å². The van der Waals surface area contributed by atoms with Crippen molar-refractivity contribution in [2.24, 2.45) is 5.92 Å². The van der Waals surface area contributed by atoms with Crippen LogP contribution in [-0.2, 0) is 0 Å². The Hall–Kier alpha value is -1.29. The molecular formula is C11H16N2O2. The molecule has 0 aliphatic carbocycles. The Morgan fingerprint density at radius 1 is 1.47 bits per heavy atom. The van der Waals surface area contributed by atoms with Gasteiger partial charge in [0.15, 0.2) is 0 Å². The van der Waals surface area contributed by atoms with Gasteiger partial charge >= 0.3 is 0 Å².